The van der Waals surface area contributed by atoms with E-state index in [0.717, 1.165) is 0 Å². The van der Waals surface area contributed by atoms with Crippen LogP contribution < -0.4 is 11.5 Å². The van der Waals surface area contributed by atoms with Crippen LogP contribution in [-0.4, -0.2) is 64.8 Å². The lowest BCUT2D eigenvalue weighted by Crippen LogP contribution is -2.25. The number of aromatic nitrogens is 3. The second-order valence-electron chi connectivity index (χ2n) is 4.01. The van der Waals surface area contributed by atoms with E-state index in [0.29, 0.717) is 11.6 Å². The molecular formula is C11H21N5O4. The van der Waals surface area contributed by atoms with Crippen LogP contribution in [0.2, 0.25) is 0 Å². The van der Waals surface area contributed by atoms with Crippen LogP contribution >= 0.6 is 0 Å². The standard InChI is InChI=1S/C11H21N5O4/c12-8(5-19-3-1-17)10-14-7-15-11(16-10)9(13)6-20-4-2-18/h7-9,17-18H,1-6,12-13H2. The maximum atomic E-state index is 8.61. The highest BCUT2D eigenvalue weighted by Crippen LogP contribution is 2.08. The van der Waals surface area contributed by atoms with Gasteiger partial charge in [0.05, 0.1) is 51.7 Å². The number of ether oxygens (including phenoxy) is 2. The van der Waals surface area contributed by atoms with E-state index >= 15 is 0 Å². The molecule has 1 aromatic heterocycles. The Bertz CT molecular complexity index is 350. The average Bonchev–Trinajstić information content (AvgIpc) is 2.47. The van der Waals surface area contributed by atoms with E-state index in [4.69, 9.17) is 31.2 Å². The van der Waals surface area contributed by atoms with Crippen molar-refractivity contribution in [3.05, 3.63) is 18.0 Å². The number of aliphatic hydroxyl groups excluding tert-OH is 2. The molecule has 9 heteroatoms. The molecule has 0 saturated heterocycles. The summed E-state index contributed by atoms with van der Waals surface area (Å²) >= 11 is 0. The molecule has 0 fully saturated rings. The molecule has 2 unspecified atom stereocenters. The van der Waals surface area contributed by atoms with Crippen LogP contribution in [0, 0.1) is 0 Å². The monoisotopic (exact) mass is 287 g/mol. The molecule has 1 aromatic rings. The smallest absolute Gasteiger partial charge is 0.151 e. The van der Waals surface area contributed by atoms with Crippen molar-refractivity contribution in [3.63, 3.8) is 0 Å². The summed E-state index contributed by atoms with van der Waals surface area (Å²) in [6.07, 6.45) is 1.33. The highest BCUT2D eigenvalue weighted by Gasteiger charge is 2.15. The van der Waals surface area contributed by atoms with Crippen molar-refractivity contribution in [2.24, 2.45) is 11.5 Å². The minimum absolute atomic E-state index is 0.0672. The second-order valence-corrected chi connectivity index (χ2v) is 4.01. The highest BCUT2D eigenvalue weighted by molar-refractivity contribution is 4.99. The molecule has 1 rings (SSSR count). The molecule has 1 heterocycles. The zero-order chi connectivity index (χ0) is 14.8. The molecule has 0 aromatic carbocycles. The van der Waals surface area contributed by atoms with Gasteiger partial charge in [0, 0.05) is 0 Å². The van der Waals surface area contributed by atoms with Gasteiger partial charge in [-0.1, -0.05) is 0 Å². The van der Waals surface area contributed by atoms with Gasteiger partial charge in [-0.15, -0.1) is 0 Å². The molecule has 2 atom stereocenters. The van der Waals surface area contributed by atoms with Crippen molar-refractivity contribution in [2.75, 3.05) is 39.6 Å². The fraction of sp³-hybridized carbons (Fsp3) is 0.727. The molecular weight excluding hydrogens is 266 g/mol. The minimum Gasteiger partial charge on any atom is -0.394 e. The summed E-state index contributed by atoms with van der Waals surface area (Å²) in [5.41, 5.74) is 11.7. The molecule has 0 aliphatic rings. The molecule has 9 nitrogen and oxygen atoms in total. The van der Waals surface area contributed by atoms with Crippen LogP contribution in [0.5, 0.6) is 0 Å². The van der Waals surface area contributed by atoms with E-state index in [2.05, 4.69) is 15.0 Å². The lowest BCUT2D eigenvalue weighted by atomic mass is 10.3. The lowest BCUT2D eigenvalue weighted by molar-refractivity contribution is 0.0799. The Morgan fingerprint density at radius 1 is 0.950 bits per heavy atom. The molecule has 0 saturated carbocycles. The summed E-state index contributed by atoms with van der Waals surface area (Å²) in [5, 5.41) is 17.2. The first-order valence-corrected chi connectivity index (χ1v) is 6.26. The molecule has 6 N–H and O–H groups in total. The van der Waals surface area contributed by atoms with Gasteiger partial charge in [0.25, 0.3) is 0 Å². The van der Waals surface area contributed by atoms with Gasteiger partial charge >= 0.3 is 0 Å². The predicted molar refractivity (Wildman–Crippen MR) is 69.5 cm³/mol. The van der Waals surface area contributed by atoms with Crippen molar-refractivity contribution in [3.8, 4) is 0 Å². The average molecular weight is 287 g/mol. The van der Waals surface area contributed by atoms with Gasteiger partial charge in [-0.2, -0.15) is 0 Å². The van der Waals surface area contributed by atoms with E-state index < -0.39 is 12.1 Å². The number of aliphatic hydroxyl groups is 2. The molecule has 0 spiro atoms. The van der Waals surface area contributed by atoms with Crippen LogP contribution in [-0.2, 0) is 9.47 Å². The first-order valence-electron chi connectivity index (χ1n) is 6.26. The minimum atomic E-state index is -0.520. The molecule has 114 valence electrons. The van der Waals surface area contributed by atoms with Gasteiger partial charge in [0.2, 0.25) is 0 Å². The summed E-state index contributed by atoms with van der Waals surface area (Å²) in [7, 11) is 0. The van der Waals surface area contributed by atoms with Crippen LogP contribution in [0.3, 0.4) is 0 Å². The van der Waals surface area contributed by atoms with Crippen LogP contribution in [0.4, 0.5) is 0 Å². The Morgan fingerprint density at radius 2 is 1.40 bits per heavy atom. The number of nitrogens with two attached hydrogens (primary N) is 2. The second kappa shape index (κ2) is 9.64. The fourth-order valence-electron chi connectivity index (χ4n) is 1.38. The molecule has 0 amide bonds. The lowest BCUT2D eigenvalue weighted by Gasteiger charge is -2.13. The SMILES string of the molecule is NC(COCCO)c1ncnc(C(N)COCCO)n1. The molecule has 0 radical (unpaired) electrons. The van der Waals surface area contributed by atoms with Gasteiger partial charge in [0.1, 0.15) is 6.33 Å². The summed E-state index contributed by atoms with van der Waals surface area (Å²) in [4.78, 5) is 12.1. The summed E-state index contributed by atoms with van der Waals surface area (Å²) in [6.45, 7) is 0.672. The Morgan fingerprint density at radius 3 is 1.80 bits per heavy atom. The van der Waals surface area contributed by atoms with E-state index in [1.54, 1.807) is 0 Å². The quantitative estimate of drug-likeness (QED) is 0.354. The molecule has 20 heavy (non-hydrogen) atoms. The predicted octanol–water partition coefficient (Wildman–Crippen LogP) is -2.11. The van der Waals surface area contributed by atoms with E-state index in [1.807, 2.05) is 0 Å². The Hall–Kier alpha value is -1.23. The first-order chi connectivity index (χ1) is 9.69. The van der Waals surface area contributed by atoms with Gasteiger partial charge in [-0.05, 0) is 0 Å². The largest absolute Gasteiger partial charge is 0.394 e. The zero-order valence-electron chi connectivity index (χ0n) is 11.2. The van der Waals surface area contributed by atoms with E-state index in [1.165, 1.54) is 6.33 Å². The van der Waals surface area contributed by atoms with Crippen molar-refractivity contribution >= 4 is 0 Å². The van der Waals surface area contributed by atoms with Crippen LogP contribution in [0.25, 0.3) is 0 Å². The normalized spacial score (nSPS) is 14.2. The maximum Gasteiger partial charge on any atom is 0.151 e. The van der Waals surface area contributed by atoms with Gasteiger partial charge < -0.3 is 31.2 Å². The Labute approximate surface area is 117 Å². The third-order valence-electron chi connectivity index (χ3n) is 2.34. The van der Waals surface area contributed by atoms with Crippen molar-refractivity contribution in [1.29, 1.82) is 0 Å². The summed E-state index contributed by atoms with van der Waals surface area (Å²) in [6, 6.07) is -1.04. The molecule has 0 bridgehead atoms. The number of hydrogen-bond donors (Lipinski definition) is 4. The van der Waals surface area contributed by atoms with E-state index in [-0.39, 0.29) is 39.6 Å². The van der Waals surface area contributed by atoms with Crippen molar-refractivity contribution < 1.29 is 19.7 Å². The first kappa shape index (κ1) is 16.8. The highest BCUT2D eigenvalue weighted by atomic mass is 16.5. The number of hydrogen-bond acceptors (Lipinski definition) is 9. The van der Waals surface area contributed by atoms with E-state index in [9.17, 15) is 0 Å². The summed E-state index contributed by atoms with van der Waals surface area (Å²) < 4.78 is 10.2. The third-order valence-corrected chi connectivity index (χ3v) is 2.34. The van der Waals surface area contributed by atoms with Crippen LogP contribution in [0.15, 0.2) is 6.33 Å². The molecule has 0 aliphatic heterocycles. The van der Waals surface area contributed by atoms with Gasteiger partial charge in [0.15, 0.2) is 11.6 Å². The maximum absolute atomic E-state index is 8.61. The number of nitrogens with zero attached hydrogens (tertiary/aromatic N) is 3. The molecule has 0 aliphatic carbocycles. The number of rotatable bonds is 10. The van der Waals surface area contributed by atoms with Crippen molar-refractivity contribution in [1.82, 2.24) is 15.0 Å². The van der Waals surface area contributed by atoms with Gasteiger partial charge in [-0.25, -0.2) is 15.0 Å². The Kier molecular flexibility index (Phi) is 8.11. The van der Waals surface area contributed by atoms with Gasteiger partial charge in [-0.3, -0.25) is 0 Å². The summed E-state index contributed by atoms with van der Waals surface area (Å²) in [5.74, 6) is 0.732. The van der Waals surface area contributed by atoms with Crippen LogP contribution in [0.1, 0.15) is 23.7 Å². The third kappa shape index (κ3) is 5.82. The fourth-order valence-corrected chi connectivity index (χ4v) is 1.38. The Balaban J connectivity index is 2.55. The van der Waals surface area contributed by atoms with Crippen molar-refractivity contribution in [2.45, 2.75) is 12.1 Å². The topological polar surface area (TPSA) is 150 Å². The zero-order valence-corrected chi connectivity index (χ0v) is 11.2.